The molecule has 29 heavy (non-hydrogen) atoms. The van der Waals surface area contributed by atoms with Crippen molar-refractivity contribution in [2.75, 3.05) is 32.2 Å². The highest BCUT2D eigenvalue weighted by Gasteiger charge is 2.11. The SMILES string of the molecule is CCCCOc1ccc(C(=O)Nc2cccc(C(=O)NCCCOC)c2)cc1Br. The van der Waals surface area contributed by atoms with Crippen molar-refractivity contribution < 1.29 is 19.1 Å². The molecule has 0 aliphatic carbocycles. The predicted octanol–water partition coefficient (Wildman–Crippen LogP) is 4.65. The zero-order valence-electron chi connectivity index (χ0n) is 16.8. The standard InChI is InChI=1S/C22H27BrN2O4/c1-3-4-13-29-20-10-9-17(15-19(20)23)22(27)25-18-8-5-7-16(14-18)21(26)24-11-6-12-28-2/h5,7-10,14-15H,3-4,6,11-13H2,1-2H3,(H,24,26)(H,25,27). The van der Waals surface area contributed by atoms with Crippen molar-refractivity contribution in [2.45, 2.75) is 26.2 Å². The molecule has 0 aliphatic heterocycles. The normalized spacial score (nSPS) is 10.4. The largest absolute Gasteiger partial charge is 0.492 e. The fourth-order valence-corrected chi connectivity index (χ4v) is 3.04. The van der Waals surface area contributed by atoms with Crippen LogP contribution in [-0.2, 0) is 4.74 Å². The van der Waals surface area contributed by atoms with Crippen molar-refractivity contribution in [3.8, 4) is 5.75 Å². The Morgan fingerprint density at radius 1 is 1.00 bits per heavy atom. The number of unbranched alkanes of at least 4 members (excludes halogenated alkanes) is 1. The lowest BCUT2D eigenvalue weighted by Crippen LogP contribution is -2.25. The van der Waals surface area contributed by atoms with Gasteiger partial charge in [0, 0.05) is 37.1 Å². The average molecular weight is 463 g/mol. The third-order valence-corrected chi connectivity index (χ3v) is 4.76. The molecule has 0 saturated carbocycles. The van der Waals surface area contributed by atoms with Crippen molar-refractivity contribution in [1.82, 2.24) is 5.32 Å². The lowest BCUT2D eigenvalue weighted by atomic mass is 10.1. The summed E-state index contributed by atoms with van der Waals surface area (Å²) in [4.78, 5) is 24.8. The third-order valence-electron chi connectivity index (χ3n) is 4.14. The first-order chi connectivity index (χ1) is 14.0. The maximum absolute atomic E-state index is 12.6. The summed E-state index contributed by atoms with van der Waals surface area (Å²) in [5, 5.41) is 5.66. The smallest absolute Gasteiger partial charge is 0.255 e. The molecule has 0 aromatic heterocycles. The number of amides is 2. The summed E-state index contributed by atoms with van der Waals surface area (Å²) < 4.78 is 11.4. The third kappa shape index (κ3) is 7.51. The Morgan fingerprint density at radius 2 is 1.79 bits per heavy atom. The van der Waals surface area contributed by atoms with Crippen LogP contribution in [-0.4, -0.2) is 38.7 Å². The van der Waals surface area contributed by atoms with Gasteiger partial charge in [0.05, 0.1) is 11.1 Å². The summed E-state index contributed by atoms with van der Waals surface area (Å²) >= 11 is 3.45. The minimum Gasteiger partial charge on any atom is -0.492 e. The van der Waals surface area contributed by atoms with E-state index in [1.807, 2.05) is 0 Å². The molecule has 0 bridgehead atoms. The van der Waals surface area contributed by atoms with E-state index in [0.717, 1.165) is 23.7 Å². The molecule has 2 aromatic rings. The van der Waals surface area contributed by atoms with E-state index in [0.29, 0.717) is 42.3 Å². The summed E-state index contributed by atoms with van der Waals surface area (Å²) in [6.45, 7) is 3.87. The number of carbonyl (C=O) groups excluding carboxylic acids is 2. The highest BCUT2D eigenvalue weighted by atomic mass is 79.9. The van der Waals surface area contributed by atoms with E-state index >= 15 is 0 Å². The molecule has 0 atom stereocenters. The first-order valence-corrected chi connectivity index (χ1v) is 10.5. The van der Waals surface area contributed by atoms with Gasteiger partial charge in [0.1, 0.15) is 5.75 Å². The van der Waals surface area contributed by atoms with Gasteiger partial charge in [0.2, 0.25) is 0 Å². The van der Waals surface area contributed by atoms with Crippen LogP contribution in [0, 0.1) is 0 Å². The lowest BCUT2D eigenvalue weighted by Gasteiger charge is -2.11. The van der Waals surface area contributed by atoms with Crippen LogP contribution in [0.15, 0.2) is 46.9 Å². The number of carbonyl (C=O) groups is 2. The lowest BCUT2D eigenvalue weighted by molar-refractivity contribution is 0.0947. The second-order valence-electron chi connectivity index (χ2n) is 6.48. The molecule has 0 heterocycles. The van der Waals surface area contributed by atoms with E-state index in [9.17, 15) is 9.59 Å². The van der Waals surface area contributed by atoms with E-state index in [-0.39, 0.29) is 11.8 Å². The van der Waals surface area contributed by atoms with Crippen molar-refractivity contribution in [1.29, 1.82) is 0 Å². The first-order valence-electron chi connectivity index (χ1n) is 9.66. The second kappa shape index (κ2) is 12.2. The number of hydrogen-bond acceptors (Lipinski definition) is 4. The molecule has 2 rings (SSSR count). The van der Waals surface area contributed by atoms with E-state index < -0.39 is 0 Å². The molecule has 7 heteroatoms. The molecular formula is C22H27BrN2O4. The monoisotopic (exact) mass is 462 g/mol. The Labute approximate surface area is 180 Å². The van der Waals surface area contributed by atoms with Crippen LogP contribution in [0.2, 0.25) is 0 Å². The minimum atomic E-state index is -0.261. The van der Waals surface area contributed by atoms with E-state index in [1.54, 1.807) is 49.6 Å². The number of anilines is 1. The Morgan fingerprint density at radius 3 is 2.52 bits per heavy atom. The predicted molar refractivity (Wildman–Crippen MR) is 118 cm³/mol. The van der Waals surface area contributed by atoms with Crippen LogP contribution < -0.4 is 15.4 Å². The Kier molecular flexibility index (Phi) is 9.67. The summed E-state index contributed by atoms with van der Waals surface area (Å²) in [5.74, 6) is 0.263. The number of ether oxygens (including phenoxy) is 2. The quantitative estimate of drug-likeness (QED) is 0.476. The number of nitrogens with one attached hydrogen (secondary N) is 2. The van der Waals surface area contributed by atoms with Gasteiger partial charge in [0.15, 0.2) is 0 Å². The number of hydrogen-bond donors (Lipinski definition) is 2. The van der Waals surface area contributed by atoms with Crippen LogP contribution in [0.4, 0.5) is 5.69 Å². The van der Waals surface area contributed by atoms with Crippen molar-refractivity contribution in [3.63, 3.8) is 0 Å². The van der Waals surface area contributed by atoms with Crippen molar-refractivity contribution >= 4 is 33.4 Å². The van der Waals surface area contributed by atoms with Crippen LogP contribution in [0.3, 0.4) is 0 Å². The number of halogens is 1. The number of methoxy groups -OCH3 is 1. The van der Waals surface area contributed by atoms with Gasteiger partial charge < -0.3 is 20.1 Å². The van der Waals surface area contributed by atoms with E-state index in [2.05, 4.69) is 33.5 Å². The van der Waals surface area contributed by atoms with Gasteiger partial charge in [0.25, 0.3) is 11.8 Å². The average Bonchev–Trinajstić information content (AvgIpc) is 2.72. The van der Waals surface area contributed by atoms with Crippen molar-refractivity contribution in [3.05, 3.63) is 58.1 Å². The summed E-state index contributed by atoms with van der Waals surface area (Å²) in [5.41, 5.74) is 1.54. The second-order valence-corrected chi connectivity index (χ2v) is 7.34. The van der Waals surface area contributed by atoms with Gasteiger partial charge in [-0.2, -0.15) is 0 Å². The molecular weight excluding hydrogens is 436 g/mol. The fraction of sp³-hybridized carbons (Fsp3) is 0.364. The summed E-state index contributed by atoms with van der Waals surface area (Å²) in [6.07, 6.45) is 2.78. The number of rotatable bonds is 11. The molecule has 2 aromatic carbocycles. The van der Waals surface area contributed by atoms with Crippen LogP contribution in [0.5, 0.6) is 5.75 Å². The Balaban J connectivity index is 1.98. The van der Waals surface area contributed by atoms with Crippen molar-refractivity contribution in [2.24, 2.45) is 0 Å². The van der Waals surface area contributed by atoms with Gasteiger partial charge in [-0.1, -0.05) is 19.4 Å². The topological polar surface area (TPSA) is 76.7 Å². The van der Waals surface area contributed by atoms with E-state index in [4.69, 9.17) is 9.47 Å². The van der Waals surface area contributed by atoms with Gasteiger partial charge in [-0.05, 0) is 65.2 Å². The Hall–Kier alpha value is -2.38. The molecule has 0 aliphatic rings. The molecule has 0 radical (unpaired) electrons. The summed E-state index contributed by atoms with van der Waals surface area (Å²) in [7, 11) is 1.62. The summed E-state index contributed by atoms with van der Waals surface area (Å²) in [6, 6.07) is 12.1. The fourth-order valence-electron chi connectivity index (χ4n) is 2.55. The molecule has 2 N–H and O–H groups in total. The maximum Gasteiger partial charge on any atom is 0.255 e. The molecule has 6 nitrogen and oxygen atoms in total. The van der Waals surface area contributed by atoms with Gasteiger partial charge in [-0.25, -0.2) is 0 Å². The van der Waals surface area contributed by atoms with Crippen LogP contribution in [0.25, 0.3) is 0 Å². The molecule has 0 unspecified atom stereocenters. The van der Waals surface area contributed by atoms with Gasteiger partial charge in [-0.3, -0.25) is 9.59 Å². The maximum atomic E-state index is 12.6. The molecule has 0 spiro atoms. The van der Waals surface area contributed by atoms with Crippen LogP contribution >= 0.6 is 15.9 Å². The van der Waals surface area contributed by atoms with E-state index in [1.165, 1.54) is 0 Å². The zero-order chi connectivity index (χ0) is 21.1. The Bertz CT molecular complexity index is 826. The van der Waals surface area contributed by atoms with Gasteiger partial charge in [-0.15, -0.1) is 0 Å². The highest BCUT2D eigenvalue weighted by molar-refractivity contribution is 9.10. The van der Waals surface area contributed by atoms with Gasteiger partial charge >= 0.3 is 0 Å². The molecule has 0 saturated heterocycles. The first kappa shape index (κ1) is 22.9. The van der Waals surface area contributed by atoms with Crippen LogP contribution in [0.1, 0.15) is 46.9 Å². The zero-order valence-corrected chi connectivity index (χ0v) is 18.4. The molecule has 2 amide bonds. The molecule has 156 valence electrons. The highest BCUT2D eigenvalue weighted by Crippen LogP contribution is 2.26. The molecule has 0 fully saturated rings. The minimum absolute atomic E-state index is 0.187. The number of benzene rings is 2.